The molecule has 406 valence electrons. The number of ether oxygens (including phenoxy) is 1. The van der Waals surface area contributed by atoms with Crippen LogP contribution in [-0.2, 0) is 43.7 Å². The van der Waals surface area contributed by atoms with Gasteiger partial charge >= 0.3 is 13.3 Å². The summed E-state index contributed by atoms with van der Waals surface area (Å²) in [7, 11) is -5.87. The average Bonchev–Trinajstić information content (AvgIpc) is 3.95. The van der Waals surface area contributed by atoms with Crippen molar-refractivity contribution in [1.29, 1.82) is 0 Å². The quantitative estimate of drug-likeness (QED) is 0.0393. The Hall–Kier alpha value is -7.22. The molecule has 0 aliphatic carbocycles. The average molecular weight is 1100 g/mol. The third-order valence-corrected chi connectivity index (χ3v) is 15.8. The van der Waals surface area contributed by atoms with E-state index in [0.29, 0.717) is 29.5 Å². The van der Waals surface area contributed by atoms with Crippen LogP contribution in [0.5, 0.6) is 0 Å². The number of piperidine rings is 1. The highest BCUT2D eigenvalue weighted by Crippen LogP contribution is 2.59. The van der Waals surface area contributed by atoms with E-state index in [4.69, 9.17) is 4.74 Å². The number of rotatable bonds is 14. The van der Waals surface area contributed by atoms with Gasteiger partial charge in [0.1, 0.15) is 30.7 Å². The van der Waals surface area contributed by atoms with Gasteiger partial charge in [-0.1, -0.05) is 69.0 Å². The van der Waals surface area contributed by atoms with Gasteiger partial charge in [-0.2, -0.15) is 8.78 Å². The van der Waals surface area contributed by atoms with Crippen LogP contribution in [0.4, 0.5) is 8.78 Å². The minimum absolute atomic E-state index is 0.00398. The lowest BCUT2D eigenvalue weighted by Gasteiger charge is -2.45. The predicted molar refractivity (Wildman–Crippen MR) is 274 cm³/mol. The van der Waals surface area contributed by atoms with Crippen molar-refractivity contribution in [2.75, 3.05) is 45.9 Å². The van der Waals surface area contributed by atoms with E-state index < -0.39 is 108 Å². The van der Waals surface area contributed by atoms with Gasteiger partial charge in [0.25, 0.3) is 17.7 Å². The molecule has 0 saturated carbocycles. The van der Waals surface area contributed by atoms with Crippen molar-refractivity contribution >= 4 is 82.2 Å². The molecule has 4 atom stereocenters. The first-order valence-electron chi connectivity index (χ1n) is 24.9. The molecule has 2 unspecified atom stereocenters. The molecule has 3 aromatic carbocycles. The summed E-state index contributed by atoms with van der Waals surface area (Å²) >= 11 is 0.915. The van der Waals surface area contributed by atoms with Crippen molar-refractivity contribution in [3.8, 4) is 11.8 Å². The van der Waals surface area contributed by atoms with Crippen LogP contribution in [0.1, 0.15) is 112 Å². The number of piperazine rings is 1. The van der Waals surface area contributed by atoms with Crippen molar-refractivity contribution in [3.05, 3.63) is 105 Å². The van der Waals surface area contributed by atoms with Crippen LogP contribution < -0.4 is 16.0 Å². The Morgan fingerprint density at radius 1 is 0.896 bits per heavy atom. The number of unbranched alkanes of at least 4 members (excludes halogenated alkanes) is 2. The van der Waals surface area contributed by atoms with Crippen LogP contribution in [0, 0.1) is 17.3 Å². The molecule has 5 heterocycles. The van der Waals surface area contributed by atoms with E-state index in [2.05, 4.69) is 27.8 Å². The number of amides is 9. The molecule has 24 heteroatoms. The molecule has 0 bridgehead atoms. The molecule has 20 nitrogen and oxygen atoms in total. The van der Waals surface area contributed by atoms with E-state index in [1.165, 1.54) is 34.1 Å². The largest absolute Gasteiger partial charge is 0.399 e. The molecule has 77 heavy (non-hydrogen) atoms. The maximum absolute atomic E-state index is 14.8. The molecule has 3 fully saturated rings. The van der Waals surface area contributed by atoms with E-state index in [1.807, 2.05) is 30.3 Å². The molecule has 8 rings (SSSR count). The lowest BCUT2D eigenvalue weighted by atomic mass is 9.85. The predicted octanol–water partition coefficient (Wildman–Crippen LogP) is 4.04. The molecule has 4 aliphatic heterocycles. The number of alkyl halides is 2. The van der Waals surface area contributed by atoms with Gasteiger partial charge < -0.3 is 39.9 Å². The fraction of sp³-hybridized carbons (Fsp3) is 0.415. The second-order valence-electron chi connectivity index (χ2n) is 20.2. The monoisotopic (exact) mass is 1100 g/mol. The van der Waals surface area contributed by atoms with E-state index in [-0.39, 0.29) is 80.1 Å². The molecule has 3 saturated heterocycles. The van der Waals surface area contributed by atoms with Crippen LogP contribution in [0.25, 0.3) is 10.1 Å². The van der Waals surface area contributed by atoms with Crippen LogP contribution in [0.3, 0.4) is 0 Å². The second kappa shape index (κ2) is 22.8. The number of imide groups is 2. The van der Waals surface area contributed by atoms with Gasteiger partial charge in [-0.25, -0.2) is 0 Å². The van der Waals surface area contributed by atoms with Crippen LogP contribution >= 0.6 is 18.9 Å². The minimum atomic E-state index is -5.87. The third-order valence-electron chi connectivity index (χ3n) is 13.7. The van der Waals surface area contributed by atoms with E-state index in [9.17, 15) is 66.3 Å². The topological polar surface area (TPSA) is 269 Å². The molecule has 5 N–H and O–H groups in total. The van der Waals surface area contributed by atoms with Gasteiger partial charge in [0.15, 0.2) is 0 Å². The number of nitrogens with zero attached hydrogens (tertiary/aromatic N) is 4. The molecule has 0 spiro atoms. The number of thiophene rings is 1. The van der Waals surface area contributed by atoms with Crippen molar-refractivity contribution in [2.45, 2.75) is 89.2 Å². The maximum atomic E-state index is 14.8. The fourth-order valence-electron chi connectivity index (χ4n) is 9.53. The van der Waals surface area contributed by atoms with Gasteiger partial charge in [0.2, 0.25) is 35.4 Å². The Labute approximate surface area is 445 Å². The molecule has 4 aliphatic rings. The number of fused-ring (bicyclic) bond motifs is 2. The molecule has 4 aromatic rings. The Morgan fingerprint density at radius 3 is 2.35 bits per heavy atom. The number of carbonyl (C=O) groups excluding carboxylic acids is 9. The summed E-state index contributed by atoms with van der Waals surface area (Å²) in [6.07, 6.45) is 0.485. The normalized spacial score (nSPS) is 19.5. The van der Waals surface area contributed by atoms with Crippen molar-refractivity contribution in [2.24, 2.45) is 5.41 Å². The Kier molecular flexibility index (Phi) is 16.6. The van der Waals surface area contributed by atoms with Crippen molar-refractivity contribution < 1.29 is 71.0 Å². The summed E-state index contributed by atoms with van der Waals surface area (Å²) in [5, 5.41) is 7.80. The van der Waals surface area contributed by atoms with Crippen LogP contribution in [-0.4, -0.2) is 147 Å². The first kappa shape index (κ1) is 56.0. The first-order chi connectivity index (χ1) is 36.4. The molecular weight excluding hydrogens is 1040 g/mol. The highest BCUT2D eigenvalue weighted by molar-refractivity contribution is 7.52. The highest BCUT2D eigenvalue weighted by Gasteiger charge is 2.51. The van der Waals surface area contributed by atoms with E-state index in [1.54, 1.807) is 31.7 Å². The van der Waals surface area contributed by atoms with Gasteiger partial charge in [0.05, 0.1) is 35.7 Å². The number of benzene rings is 3. The zero-order valence-corrected chi connectivity index (χ0v) is 43.9. The van der Waals surface area contributed by atoms with Gasteiger partial charge in [-0.05, 0) is 72.0 Å². The summed E-state index contributed by atoms with van der Waals surface area (Å²) in [6.45, 7) is 5.39. The zero-order chi connectivity index (χ0) is 55.6. The standard InChI is InChI=1S/C53H56F2N7O13PS/c1-52(2,3)45(58-47(67)41-27-33-26-34(15-18-40(33)77-41)53(54,55)76(72,73)74)51(71)61-22-21-59(29-38(61)50(70)60-23-24-75-39(30-60)32-12-8-6-9-13-32)44(65)28-43(64)56-20-10-5-4-7-11-31-14-16-35-36(25-31)49(69)62(48(35)68)37-17-19-42(63)57-46(37)66/h6,8-9,12-16,18,25-27,37-39,45H,4-5,10,17,19-24,28-30H2,1-3H3,(H,56,64)(H,58,67)(H,57,63,66)(H2,72,73,74)/t37?,38-,39-,45?/m0/s1. The number of nitrogens with one attached hydrogen (secondary N) is 3. The fourth-order valence-corrected chi connectivity index (χ4v) is 11.0. The number of carbonyl (C=O) groups is 9. The summed E-state index contributed by atoms with van der Waals surface area (Å²) in [4.78, 5) is 144. The lowest BCUT2D eigenvalue weighted by molar-refractivity contribution is -0.158. The van der Waals surface area contributed by atoms with Crippen molar-refractivity contribution in [3.63, 3.8) is 0 Å². The van der Waals surface area contributed by atoms with Gasteiger partial charge in [-0.3, -0.25) is 57.9 Å². The number of morpholine rings is 1. The van der Waals surface area contributed by atoms with Crippen molar-refractivity contribution in [1.82, 2.24) is 35.6 Å². The Bertz CT molecular complexity index is 3170. The molecule has 1 aromatic heterocycles. The second-order valence-corrected chi connectivity index (χ2v) is 22.9. The Balaban J connectivity index is 0.889. The molecular formula is C53H56F2N7O13PS. The minimum Gasteiger partial charge on any atom is -0.370 e. The highest BCUT2D eigenvalue weighted by atomic mass is 32.1. The smallest absolute Gasteiger partial charge is 0.370 e. The summed E-state index contributed by atoms with van der Waals surface area (Å²) in [6, 6.07) is 14.5. The van der Waals surface area contributed by atoms with Gasteiger partial charge in [-0.15, -0.1) is 11.3 Å². The maximum Gasteiger partial charge on any atom is 0.399 e. The number of hydrogen-bond donors (Lipinski definition) is 5. The van der Waals surface area contributed by atoms with Crippen LogP contribution in [0.2, 0.25) is 0 Å². The zero-order valence-electron chi connectivity index (χ0n) is 42.2. The summed E-state index contributed by atoms with van der Waals surface area (Å²) in [5.41, 5.74) is -4.83. The lowest BCUT2D eigenvalue weighted by Crippen LogP contribution is -2.66. The van der Waals surface area contributed by atoms with Crippen LogP contribution in [0.15, 0.2) is 72.8 Å². The number of hydrogen-bond acceptors (Lipinski definition) is 12. The summed E-state index contributed by atoms with van der Waals surface area (Å²) < 4.78 is 47.1. The molecule has 9 amide bonds. The number of halogens is 2. The first-order valence-corrected chi connectivity index (χ1v) is 27.3. The van der Waals surface area contributed by atoms with E-state index in [0.717, 1.165) is 33.9 Å². The third kappa shape index (κ3) is 12.3. The van der Waals surface area contributed by atoms with Gasteiger partial charge in [0, 0.05) is 54.8 Å². The SMILES string of the molecule is CC(C)(C)C(NC(=O)c1cc2cc(C(F)(F)P(=O)(O)O)ccc2s1)C(=O)N1CCN(C(=O)CC(=O)NCCCCC#Cc2ccc3c(c2)C(=O)N(C2CCC(=O)NC2=O)C3=O)C[C@H]1C(=O)N1CCO[C@H](c2ccccc2)C1. The van der Waals surface area contributed by atoms with E-state index >= 15 is 0 Å². The molecule has 0 radical (unpaired) electrons. The Morgan fingerprint density at radius 2 is 1.64 bits per heavy atom. The summed E-state index contributed by atoms with van der Waals surface area (Å²) in [5.74, 6) is 0.554.